The van der Waals surface area contributed by atoms with Crippen molar-refractivity contribution in [3.8, 4) is 5.75 Å². The predicted molar refractivity (Wildman–Crippen MR) is 72.2 cm³/mol. The molecule has 0 bridgehead atoms. The Balaban J connectivity index is 2.30. The van der Waals surface area contributed by atoms with E-state index in [-0.39, 0.29) is 24.3 Å². The molecule has 0 spiro atoms. The van der Waals surface area contributed by atoms with Gasteiger partial charge >= 0.3 is 0 Å². The van der Waals surface area contributed by atoms with E-state index < -0.39 is 15.4 Å². The van der Waals surface area contributed by atoms with Crippen LogP contribution in [0.4, 0.5) is 0 Å². The highest BCUT2D eigenvalue weighted by Gasteiger charge is 2.41. The first-order chi connectivity index (χ1) is 8.76. The number of rotatable bonds is 3. The minimum absolute atomic E-state index is 0.0472. The molecule has 0 radical (unpaired) electrons. The number of sulfone groups is 1. The van der Waals surface area contributed by atoms with Gasteiger partial charge in [0.25, 0.3) is 0 Å². The van der Waals surface area contributed by atoms with E-state index in [4.69, 9.17) is 4.74 Å². The molecule has 0 aromatic carbocycles. The van der Waals surface area contributed by atoms with Crippen LogP contribution in [0, 0.1) is 13.8 Å². The highest BCUT2D eigenvalue weighted by molar-refractivity contribution is 7.91. The molecule has 1 aliphatic rings. The zero-order valence-corrected chi connectivity index (χ0v) is 12.2. The summed E-state index contributed by atoms with van der Waals surface area (Å²) in [6, 6.07) is 0. The maximum absolute atomic E-state index is 11.5. The second-order valence-electron chi connectivity index (χ2n) is 5.29. The quantitative estimate of drug-likeness (QED) is 0.889. The Bertz CT molecular complexity index is 597. The zero-order valence-electron chi connectivity index (χ0n) is 11.4. The summed E-state index contributed by atoms with van der Waals surface area (Å²) >= 11 is 0. The number of pyridine rings is 1. The van der Waals surface area contributed by atoms with Gasteiger partial charge < -0.3 is 9.84 Å². The third kappa shape index (κ3) is 2.90. The van der Waals surface area contributed by atoms with Crippen LogP contribution in [0.5, 0.6) is 5.75 Å². The summed E-state index contributed by atoms with van der Waals surface area (Å²) in [4.78, 5) is 4.31. The highest BCUT2D eigenvalue weighted by Crippen LogP contribution is 2.31. The Morgan fingerprint density at radius 2 is 2.16 bits per heavy atom. The van der Waals surface area contributed by atoms with E-state index in [1.165, 1.54) is 0 Å². The summed E-state index contributed by atoms with van der Waals surface area (Å²) in [6.45, 7) is 3.78. The van der Waals surface area contributed by atoms with Crippen molar-refractivity contribution < 1.29 is 18.3 Å². The number of hydrogen-bond donors (Lipinski definition) is 1. The first kappa shape index (κ1) is 14.3. The lowest BCUT2D eigenvalue weighted by atomic mass is 9.94. The Labute approximate surface area is 113 Å². The lowest BCUT2D eigenvalue weighted by Crippen LogP contribution is -2.33. The van der Waals surface area contributed by atoms with Gasteiger partial charge in [0.2, 0.25) is 0 Å². The van der Waals surface area contributed by atoms with Crippen LogP contribution in [0.2, 0.25) is 0 Å². The molecule has 1 atom stereocenters. The van der Waals surface area contributed by atoms with Crippen LogP contribution in [-0.4, -0.2) is 42.7 Å². The van der Waals surface area contributed by atoms with E-state index in [0.717, 1.165) is 16.9 Å². The van der Waals surface area contributed by atoms with E-state index in [2.05, 4.69) is 4.98 Å². The fourth-order valence-corrected chi connectivity index (χ4v) is 4.50. The summed E-state index contributed by atoms with van der Waals surface area (Å²) in [7, 11) is -1.53. The van der Waals surface area contributed by atoms with Crippen LogP contribution in [0.3, 0.4) is 0 Å². The molecule has 1 fully saturated rings. The summed E-state index contributed by atoms with van der Waals surface area (Å²) in [5.41, 5.74) is 1.29. The van der Waals surface area contributed by atoms with Crippen molar-refractivity contribution in [1.82, 2.24) is 4.98 Å². The van der Waals surface area contributed by atoms with Gasteiger partial charge in [0, 0.05) is 29.4 Å². The number of aryl methyl sites for hydroxylation is 1. The third-order valence-electron chi connectivity index (χ3n) is 3.61. The van der Waals surface area contributed by atoms with Crippen molar-refractivity contribution in [2.24, 2.45) is 0 Å². The Morgan fingerprint density at radius 1 is 1.47 bits per heavy atom. The number of ether oxygens (including phenoxy) is 1. The third-order valence-corrected chi connectivity index (χ3v) is 5.42. The predicted octanol–water partition coefficient (Wildman–Crippen LogP) is 0.799. The lowest BCUT2D eigenvalue weighted by molar-refractivity contribution is 0.0669. The van der Waals surface area contributed by atoms with Gasteiger partial charge in [0.05, 0.1) is 24.2 Å². The average molecular weight is 285 g/mol. The van der Waals surface area contributed by atoms with Crippen molar-refractivity contribution in [2.45, 2.75) is 32.3 Å². The van der Waals surface area contributed by atoms with Gasteiger partial charge in [-0.3, -0.25) is 4.98 Å². The molecule has 1 N–H and O–H groups in total. The number of aromatic nitrogens is 1. The first-order valence-corrected chi connectivity index (χ1v) is 8.00. The monoisotopic (exact) mass is 285 g/mol. The topological polar surface area (TPSA) is 76.5 Å². The Kier molecular flexibility index (Phi) is 3.57. The van der Waals surface area contributed by atoms with Gasteiger partial charge in [-0.15, -0.1) is 0 Å². The van der Waals surface area contributed by atoms with Crippen LogP contribution < -0.4 is 4.74 Å². The smallest absolute Gasteiger partial charge is 0.153 e. The molecular weight excluding hydrogens is 266 g/mol. The number of aliphatic hydroxyl groups is 1. The second kappa shape index (κ2) is 4.76. The van der Waals surface area contributed by atoms with Crippen LogP contribution in [-0.2, 0) is 16.3 Å². The van der Waals surface area contributed by atoms with Gasteiger partial charge in [0.15, 0.2) is 9.84 Å². The maximum Gasteiger partial charge on any atom is 0.153 e. The van der Waals surface area contributed by atoms with Crippen molar-refractivity contribution in [3.63, 3.8) is 0 Å². The van der Waals surface area contributed by atoms with E-state index in [1.54, 1.807) is 13.3 Å². The molecule has 1 aliphatic heterocycles. The standard InChI is InChI=1S/C13H19NO4S/c1-9-7-14-11(10(2)12(9)18-3)6-13(15)4-5-19(16,17)8-13/h7,15H,4-6,8H2,1-3H3. The number of nitrogens with zero attached hydrogens (tertiary/aromatic N) is 1. The fourth-order valence-electron chi connectivity index (χ4n) is 2.60. The van der Waals surface area contributed by atoms with Gasteiger partial charge in [-0.2, -0.15) is 0 Å². The van der Waals surface area contributed by atoms with Crippen molar-refractivity contribution in [1.29, 1.82) is 0 Å². The molecule has 6 heteroatoms. The van der Waals surface area contributed by atoms with Crippen molar-refractivity contribution in [3.05, 3.63) is 23.0 Å². The van der Waals surface area contributed by atoms with Crippen LogP contribution in [0.15, 0.2) is 6.20 Å². The molecule has 0 saturated carbocycles. The van der Waals surface area contributed by atoms with Crippen LogP contribution in [0.1, 0.15) is 23.2 Å². The summed E-state index contributed by atoms with van der Waals surface area (Å²) in [6.07, 6.45) is 2.20. The van der Waals surface area contributed by atoms with Crippen LogP contribution in [0.25, 0.3) is 0 Å². The van der Waals surface area contributed by atoms with Gasteiger partial charge in [-0.05, 0) is 20.3 Å². The number of methoxy groups -OCH3 is 1. The second-order valence-corrected chi connectivity index (χ2v) is 7.47. The Hall–Kier alpha value is -1.14. The number of hydrogen-bond acceptors (Lipinski definition) is 5. The first-order valence-electron chi connectivity index (χ1n) is 6.18. The normalized spacial score (nSPS) is 25.5. The largest absolute Gasteiger partial charge is 0.496 e. The van der Waals surface area contributed by atoms with Gasteiger partial charge in [-0.25, -0.2) is 8.42 Å². The Morgan fingerprint density at radius 3 is 2.68 bits per heavy atom. The van der Waals surface area contributed by atoms with Crippen molar-refractivity contribution >= 4 is 9.84 Å². The fraction of sp³-hybridized carbons (Fsp3) is 0.615. The minimum Gasteiger partial charge on any atom is -0.496 e. The average Bonchev–Trinajstić information content (AvgIpc) is 2.58. The summed E-state index contributed by atoms with van der Waals surface area (Å²) < 4.78 is 28.3. The lowest BCUT2D eigenvalue weighted by Gasteiger charge is -2.22. The molecule has 5 nitrogen and oxygen atoms in total. The molecule has 1 saturated heterocycles. The zero-order chi connectivity index (χ0) is 14.3. The molecule has 2 heterocycles. The highest BCUT2D eigenvalue weighted by atomic mass is 32.2. The van der Waals surface area contributed by atoms with E-state index >= 15 is 0 Å². The minimum atomic E-state index is -3.12. The van der Waals surface area contributed by atoms with Gasteiger partial charge in [-0.1, -0.05) is 0 Å². The SMILES string of the molecule is COc1c(C)cnc(CC2(O)CCS(=O)(=O)C2)c1C. The molecule has 1 aromatic heterocycles. The molecule has 1 unspecified atom stereocenters. The maximum atomic E-state index is 11.5. The molecular formula is C13H19NO4S. The molecule has 0 aliphatic carbocycles. The molecule has 1 aromatic rings. The van der Waals surface area contributed by atoms with E-state index in [9.17, 15) is 13.5 Å². The van der Waals surface area contributed by atoms with Crippen LogP contribution >= 0.6 is 0 Å². The molecule has 19 heavy (non-hydrogen) atoms. The molecule has 106 valence electrons. The molecule has 2 rings (SSSR count). The molecule has 0 amide bonds. The summed E-state index contributed by atoms with van der Waals surface area (Å²) in [5, 5.41) is 10.4. The summed E-state index contributed by atoms with van der Waals surface area (Å²) in [5.74, 6) is 0.609. The van der Waals surface area contributed by atoms with Crippen molar-refractivity contribution in [2.75, 3.05) is 18.6 Å². The van der Waals surface area contributed by atoms with E-state index in [0.29, 0.717) is 5.69 Å². The van der Waals surface area contributed by atoms with Gasteiger partial charge in [0.1, 0.15) is 5.75 Å². The van der Waals surface area contributed by atoms with E-state index in [1.807, 2.05) is 13.8 Å².